The fourth-order valence-electron chi connectivity index (χ4n) is 1.23. The maximum atomic E-state index is 13.7. The SMILES string of the molecule is CCO/C=C/c1ccc(Cl)c(F)c1C(=O)OC. The third-order valence-electron chi connectivity index (χ3n) is 2.03. The van der Waals surface area contributed by atoms with Crippen LogP contribution in [-0.2, 0) is 9.47 Å². The van der Waals surface area contributed by atoms with Crippen LogP contribution in [0.5, 0.6) is 0 Å². The van der Waals surface area contributed by atoms with Crippen molar-refractivity contribution in [1.82, 2.24) is 0 Å². The zero-order valence-electron chi connectivity index (χ0n) is 9.50. The molecule has 0 radical (unpaired) electrons. The number of esters is 1. The molecular weight excluding hydrogens is 247 g/mol. The van der Waals surface area contributed by atoms with E-state index in [4.69, 9.17) is 16.3 Å². The van der Waals surface area contributed by atoms with Crippen LogP contribution in [0, 0.1) is 5.82 Å². The second-order valence-electron chi connectivity index (χ2n) is 3.08. The third kappa shape index (κ3) is 3.20. The van der Waals surface area contributed by atoms with Crippen LogP contribution in [-0.4, -0.2) is 19.7 Å². The van der Waals surface area contributed by atoms with Crippen LogP contribution >= 0.6 is 11.6 Å². The van der Waals surface area contributed by atoms with Gasteiger partial charge in [-0.15, -0.1) is 0 Å². The van der Waals surface area contributed by atoms with Crippen LogP contribution in [0.1, 0.15) is 22.8 Å². The normalized spacial score (nSPS) is 10.6. The van der Waals surface area contributed by atoms with Crippen molar-refractivity contribution in [2.75, 3.05) is 13.7 Å². The maximum absolute atomic E-state index is 13.7. The average molecular weight is 259 g/mol. The van der Waals surface area contributed by atoms with E-state index in [9.17, 15) is 9.18 Å². The molecule has 0 N–H and O–H groups in total. The number of rotatable bonds is 4. The molecule has 0 fully saturated rings. The van der Waals surface area contributed by atoms with E-state index < -0.39 is 11.8 Å². The molecule has 0 amide bonds. The predicted molar refractivity (Wildman–Crippen MR) is 63.4 cm³/mol. The fraction of sp³-hybridized carbons (Fsp3) is 0.250. The Kier molecular flexibility index (Phi) is 4.97. The summed E-state index contributed by atoms with van der Waals surface area (Å²) in [5.74, 6) is -1.57. The molecule has 5 heteroatoms. The zero-order chi connectivity index (χ0) is 12.8. The summed E-state index contributed by atoms with van der Waals surface area (Å²) in [6, 6.07) is 2.89. The summed E-state index contributed by atoms with van der Waals surface area (Å²) in [6.45, 7) is 2.30. The first-order valence-corrected chi connectivity index (χ1v) is 5.34. The van der Waals surface area contributed by atoms with Crippen molar-refractivity contribution in [3.8, 4) is 0 Å². The molecule has 1 rings (SSSR count). The number of carbonyl (C=O) groups excluding carboxylic acids is 1. The van der Waals surface area contributed by atoms with Crippen LogP contribution < -0.4 is 0 Å². The number of hydrogen-bond acceptors (Lipinski definition) is 3. The number of halogens is 2. The Balaban J connectivity index is 3.20. The van der Waals surface area contributed by atoms with Gasteiger partial charge in [-0.05, 0) is 24.6 Å². The maximum Gasteiger partial charge on any atom is 0.341 e. The van der Waals surface area contributed by atoms with Crippen molar-refractivity contribution in [1.29, 1.82) is 0 Å². The quantitative estimate of drug-likeness (QED) is 0.614. The summed E-state index contributed by atoms with van der Waals surface area (Å²) >= 11 is 5.61. The molecule has 0 aliphatic carbocycles. The smallest absolute Gasteiger partial charge is 0.341 e. The third-order valence-corrected chi connectivity index (χ3v) is 2.32. The van der Waals surface area contributed by atoms with Gasteiger partial charge in [0.15, 0.2) is 5.82 Å². The monoisotopic (exact) mass is 258 g/mol. The molecule has 0 atom stereocenters. The molecule has 17 heavy (non-hydrogen) atoms. The predicted octanol–water partition coefficient (Wildman–Crippen LogP) is 3.27. The molecule has 0 aromatic heterocycles. The molecular formula is C12H12ClFO3. The summed E-state index contributed by atoms with van der Waals surface area (Å²) in [4.78, 5) is 11.4. The highest BCUT2D eigenvalue weighted by atomic mass is 35.5. The minimum atomic E-state index is -0.794. The minimum Gasteiger partial charge on any atom is -0.501 e. The van der Waals surface area contributed by atoms with Crippen LogP contribution in [0.25, 0.3) is 6.08 Å². The highest BCUT2D eigenvalue weighted by Gasteiger charge is 2.18. The molecule has 0 spiro atoms. The summed E-state index contributed by atoms with van der Waals surface area (Å²) in [5, 5.41) is -0.126. The first kappa shape index (κ1) is 13.5. The first-order chi connectivity index (χ1) is 8.11. The van der Waals surface area contributed by atoms with Gasteiger partial charge in [0.05, 0.1) is 25.0 Å². The molecule has 0 heterocycles. The van der Waals surface area contributed by atoms with Crippen molar-refractivity contribution in [2.24, 2.45) is 0 Å². The summed E-state index contributed by atoms with van der Waals surface area (Å²) < 4.78 is 23.2. The number of ether oxygens (including phenoxy) is 2. The standard InChI is InChI=1S/C12H12ClFO3/c1-3-17-7-6-8-4-5-9(13)11(14)10(8)12(15)16-2/h4-7H,3H2,1-2H3/b7-6+. The van der Waals surface area contributed by atoms with Crippen molar-refractivity contribution >= 4 is 23.6 Å². The molecule has 0 saturated carbocycles. The van der Waals surface area contributed by atoms with E-state index in [1.54, 1.807) is 0 Å². The van der Waals surface area contributed by atoms with E-state index in [1.807, 2.05) is 6.92 Å². The molecule has 1 aromatic carbocycles. The number of methoxy groups -OCH3 is 1. The zero-order valence-corrected chi connectivity index (χ0v) is 10.3. The van der Waals surface area contributed by atoms with E-state index in [1.165, 1.54) is 31.6 Å². The lowest BCUT2D eigenvalue weighted by molar-refractivity contribution is 0.0595. The average Bonchev–Trinajstić information content (AvgIpc) is 2.33. The van der Waals surface area contributed by atoms with Crippen molar-refractivity contribution in [3.05, 3.63) is 40.4 Å². The van der Waals surface area contributed by atoms with Gasteiger partial charge in [-0.25, -0.2) is 9.18 Å². The van der Waals surface area contributed by atoms with Gasteiger partial charge in [0.25, 0.3) is 0 Å². The van der Waals surface area contributed by atoms with Gasteiger partial charge in [-0.1, -0.05) is 17.7 Å². The van der Waals surface area contributed by atoms with Crippen molar-refractivity contribution in [2.45, 2.75) is 6.92 Å². The van der Waals surface area contributed by atoms with Gasteiger partial charge in [0.1, 0.15) is 5.56 Å². The van der Waals surface area contributed by atoms with E-state index in [2.05, 4.69) is 4.74 Å². The Bertz CT molecular complexity index is 444. The molecule has 0 bridgehead atoms. The second kappa shape index (κ2) is 6.25. The number of benzene rings is 1. The molecule has 0 saturated heterocycles. The van der Waals surface area contributed by atoms with E-state index in [0.29, 0.717) is 12.2 Å². The second-order valence-corrected chi connectivity index (χ2v) is 3.48. The largest absolute Gasteiger partial charge is 0.501 e. The minimum absolute atomic E-state index is 0.126. The Morgan fingerprint density at radius 2 is 2.24 bits per heavy atom. The van der Waals surface area contributed by atoms with Gasteiger partial charge >= 0.3 is 5.97 Å². The molecule has 1 aromatic rings. The van der Waals surface area contributed by atoms with Crippen LogP contribution in [0.3, 0.4) is 0 Å². The highest BCUT2D eigenvalue weighted by molar-refractivity contribution is 6.31. The lowest BCUT2D eigenvalue weighted by atomic mass is 10.1. The Morgan fingerprint density at radius 3 is 2.82 bits per heavy atom. The lowest BCUT2D eigenvalue weighted by Gasteiger charge is -2.06. The summed E-state index contributed by atoms with van der Waals surface area (Å²) in [6.07, 6.45) is 2.87. The molecule has 0 aliphatic heterocycles. The van der Waals surface area contributed by atoms with Crippen molar-refractivity contribution < 1.29 is 18.7 Å². The Morgan fingerprint density at radius 1 is 1.53 bits per heavy atom. The lowest BCUT2D eigenvalue weighted by Crippen LogP contribution is -2.07. The number of carbonyl (C=O) groups is 1. The van der Waals surface area contributed by atoms with Gasteiger partial charge in [0.2, 0.25) is 0 Å². The molecule has 3 nitrogen and oxygen atoms in total. The molecule has 0 aliphatic rings. The summed E-state index contributed by atoms with van der Waals surface area (Å²) in [7, 11) is 1.18. The van der Waals surface area contributed by atoms with Gasteiger partial charge in [-0.2, -0.15) is 0 Å². The van der Waals surface area contributed by atoms with Gasteiger partial charge in [0, 0.05) is 0 Å². The van der Waals surface area contributed by atoms with Crippen molar-refractivity contribution in [3.63, 3.8) is 0 Å². The Hall–Kier alpha value is -1.55. The van der Waals surface area contributed by atoms with Gasteiger partial charge in [-0.3, -0.25) is 0 Å². The highest BCUT2D eigenvalue weighted by Crippen LogP contribution is 2.23. The van der Waals surface area contributed by atoms with E-state index in [-0.39, 0.29) is 10.6 Å². The van der Waals surface area contributed by atoms with E-state index >= 15 is 0 Å². The Labute approximate surface area is 104 Å². The van der Waals surface area contributed by atoms with Gasteiger partial charge < -0.3 is 9.47 Å². The fourth-order valence-corrected chi connectivity index (χ4v) is 1.39. The van der Waals surface area contributed by atoms with E-state index in [0.717, 1.165) is 0 Å². The van der Waals surface area contributed by atoms with Crippen LogP contribution in [0.2, 0.25) is 5.02 Å². The first-order valence-electron chi connectivity index (χ1n) is 4.96. The molecule has 0 unspecified atom stereocenters. The topological polar surface area (TPSA) is 35.5 Å². The van der Waals surface area contributed by atoms with Crippen LogP contribution in [0.4, 0.5) is 4.39 Å². The summed E-state index contributed by atoms with van der Waals surface area (Å²) in [5.41, 5.74) is 0.156. The van der Waals surface area contributed by atoms with Crippen LogP contribution in [0.15, 0.2) is 18.4 Å². The number of hydrogen-bond donors (Lipinski definition) is 0. The molecule has 92 valence electrons.